The lowest BCUT2D eigenvalue weighted by molar-refractivity contribution is 0.0950. The van der Waals surface area contributed by atoms with Gasteiger partial charge in [-0.2, -0.15) is 0 Å². The van der Waals surface area contributed by atoms with Crippen LogP contribution in [0.25, 0.3) is 0 Å². The number of hydrogen-bond donors (Lipinski definition) is 1. The number of anilines is 1. The molecule has 5 nitrogen and oxygen atoms in total. The molecule has 144 valence electrons. The molecule has 0 bridgehead atoms. The molecule has 5 heteroatoms. The number of ether oxygens (including phenoxy) is 1. The van der Waals surface area contributed by atoms with Crippen LogP contribution >= 0.6 is 0 Å². The zero-order valence-electron chi connectivity index (χ0n) is 15.9. The van der Waals surface area contributed by atoms with E-state index in [1.54, 1.807) is 18.4 Å². The van der Waals surface area contributed by atoms with Gasteiger partial charge in [0.15, 0.2) is 0 Å². The van der Waals surface area contributed by atoms with Crippen molar-refractivity contribution in [2.24, 2.45) is 0 Å². The summed E-state index contributed by atoms with van der Waals surface area (Å²) in [6, 6.07) is 19.4. The van der Waals surface area contributed by atoms with Crippen LogP contribution in [0.3, 0.4) is 0 Å². The van der Waals surface area contributed by atoms with Crippen LogP contribution in [0.1, 0.15) is 34.6 Å². The summed E-state index contributed by atoms with van der Waals surface area (Å²) < 4.78 is 11.1. The number of nitrogens with one attached hydrogen (secondary N) is 1. The predicted molar refractivity (Wildman–Crippen MR) is 109 cm³/mol. The fraction of sp³-hybridized carbons (Fsp3) is 0.261. The molecule has 2 heterocycles. The fourth-order valence-corrected chi connectivity index (χ4v) is 3.69. The van der Waals surface area contributed by atoms with E-state index in [0.29, 0.717) is 18.7 Å². The fourth-order valence-electron chi connectivity index (χ4n) is 3.69. The van der Waals surface area contributed by atoms with Crippen molar-refractivity contribution in [3.05, 3.63) is 83.8 Å². The lowest BCUT2D eigenvalue weighted by Gasteiger charge is -2.29. The lowest BCUT2D eigenvalue weighted by atomic mass is 10.1. The van der Waals surface area contributed by atoms with Gasteiger partial charge in [0.25, 0.3) is 5.91 Å². The minimum absolute atomic E-state index is 0.0507. The number of hydrogen-bond acceptors (Lipinski definition) is 4. The maximum Gasteiger partial charge on any atom is 0.251 e. The molecule has 0 radical (unpaired) electrons. The van der Waals surface area contributed by atoms with Gasteiger partial charge in [-0.3, -0.25) is 4.79 Å². The molecular formula is C23H24N2O3. The van der Waals surface area contributed by atoms with E-state index >= 15 is 0 Å². The first-order valence-corrected chi connectivity index (χ1v) is 9.65. The van der Waals surface area contributed by atoms with Gasteiger partial charge < -0.3 is 19.4 Å². The van der Waals surface area contributed by atoms with Gasteiger partial charge >= 0.3 is 0 Å². The highest BCUT2D eigenvalue weighted by molar-refractivity contribution is 5.94. The molecule has 0 spiro atoms. The lowest BCUT2D eigenvalue weighted by Crippen LogP contribution is -2.37. The highest BCUT2D eigenvalue weighted by Crippen LogP contribution is 2.35. The van der Waals surface area contributed by atoms with Crippen LogP contribution in [-0.4, -0.2) is 25.6 Å². The van der Waals surface area contributed by atoms with Crippen LogP contribution in [0.4, 0.5) is 5.69 Å². The normalized spacial score (nSPS) is 13.8. The summed E-state index contributed by atoms with van der Waals surface area (Å²) >= 11 is 0. The SMILES string of the molecule is CCOc1ccc(C(=O)NC[C@@H](c2ccco2)N2CCc3ccccc32)cc1. The molecule has 0 aliphatic carbocycles. The molecule has 28 heavy (non-hydrogen) atoms. The predicted octanol–water partition coefficient (Wildman–Crippen LogP) is 4.21. The minimum Gasteiger partial charge on any atom is -0.494 e. The van der Waals surface area contributed by atoms with Crippen LogP contribution in [0.2, 0.25) is 0 Å². The third-order valence-electron chi connectivity index (χ3n) is 5.05. The second kappa shape index (κ2) is 8.21. The molecular weight excluding hydrogens is 352 g/mol. The number of nitrogens with zero attached hydrogens (tertiary/aromatic N) is 1. The molecule has 0 unspecified atom stereocenters. The van der Waals surface area contributed by atoms with Gasteiger partial charge in [-0.25, -0.2) is 0 Å². The summed E-state index contributed by atoms with van der Waals surface area (Å²) in [7, 11) is 0. The van der Waals surface area contributed by atoms with Crippen molar-refractivity contribution in [3.63, 3.8) is 0 Å². The first kappa shape index (κ1) is 18.2. The van der Waals surface area contributed by atoms with Gasteiger partial charge in [-0.15, -0.1) is 0 Å². The molecule has 1 amide bonds. The monoisotopic (exact) mass is 376 g/mol. The Morgan fingerprint density at radius 1 is 1.14 bits per heavy atom. The molecule has 0 saturated heterocycles. The minimum atomic E-state index is -0.105. The number of rotatable bonds is 7. The Hall–Kier alpha value is -3.21. The molecule has 2 aromatic carbocycles. The van der Waals surface area contributed by atoms with E-state index in [0.717, 1.165) is 24.5 Å². The summed E-state index contributed by atoms with van der Waals surface area (Å²) in [5, 5.41) is 3.07. The van der Waals surface area contributed by atoms with Gasteiger partial charge in [0, 0.05) is 24.3 Å². The van der Waals surface area contributed by atoms with E-state index in [-0.39, 0.29) is 11.9 Å². The first-order valence-electron chi connectivity index (χ1n) is 9.65. The summed E-state index contributed by atoms with van der Waals surface area (Å²) in [6.45, 7) is 3.91. The van der Waals surface area contributed by atoms with Gasteiger partial charge in [0.2, 0.25) is 0 Å². The number of para-hydroxylation sites is 1. The van der Waals surface area contributed by atoms with Crippen LogP contribution in [0, 0.1) is 0 Å². The van der Waals surface area contributed by atoms with Crippen LogP contribution < -0.4 is 15.0 Å². The second-order valence-electron chi connectivity index (χ2n) is 6.77. The first-order chi connectivity index (χ1) is 13.8. The number of amides is 1. The van der Waals surface area contributed by atoms with E-state index in [1.165, 1.54) is 11.3 Å². The number of furan rings is 1. The van der Waals surface area contributed by atoms with Crippen molar-refractivity contribution >= 4 is 11.6 Å². The zero-order chi connectivity index (χ0) is 19.3. The van der Waals surface area contributed by atoms with E-state index < -0.39 is 0 Å². The van der Waals surface area contributed by atoms with E-state index in [9.17, 15) is 4.79 Å². The van der Waals surface area contributed by atoms with Gasteiger partial charge in [-0.1, -0.05) is 18.2 Å². The third-order valence-corrected chi connectivity index (χ3v) is 5.05. The molecule has 1 aliphatic rings. The second-order valence-corrected chi connectivity index (χ2v) is 6.77. The summed E-state index contributed by atoms with van der Waals surface area (Å²) in [6.07, 6.45) is 2.68. The Kier molecular flexibility index (Phi) is 5.33. The van der Waals surface area contributed by atoms with Crippen LogP contribution in [0.15, 0.2) is 71.3 Å². The summed E-state index contributed by atoms with van der Waals surface area (Å²) in [5.74, 6) is 1.51. The molecule has 4 rings (SSSR count). The standard InChI is InChI=1S/C23H24N2O3/c1-2-27-19-11-9-18(10-12-19)23(26)24-16-21(22-8-5-15-28-22)25-14-13-17-6-3-4-7-20(17)25/h3-12,15,21H,2,13-14,16H2,1H3,(H,24,26)/t21-/m0/s1. The maximum atomic E-state index is 12.6. The molecule has 1 aliphatic heterocycles. The number of benzene rings is 2. The van der Waals surface area contributed by atoms with Crippen molar-refractivity contribution in [2.75, 3.05) is 24.6 Å². The average molecular weight is 376 g/mol. The van der Waals surface area contributed by atoms with Crippen LogP contribution in [-0.2, 0) is 6.42 Å². The molecule has 1 aromatic heterocycles. The largest absolute Gasteiger partial charge is 0.494 e. The van der Waals surface area contributed by atoms with Gasteiger partial charge in [0.1, 0.15) is 17.6 Å². The summed E-state index contributed by atoms with van der Waals surface area (Å²) in [4.78, 5) is 15.0. The molecule has 1 atom stereocenters. The van der Waals surface area contributed by atoms with Gasteiger partial charge in [-0.05, 0) is 61.4 Å². The molecule has 0 saturated carbocycles. The van der Waals surface area contributed by atoms with Crippen molar-refractivity contribution in [1.29, 1.82) is 0 Å². The van der Waals surface area contributed by atoms with Crippen molar-refractivity contribution in [2.45, 2.75) is 19.4 Å². The van der Waals surface area contributed by atoms with Gasteiger partial charge in [0.05, 0.1) is 12.9 Å². The average Bonchev–Trinajstić information content (AvgIpc) is 3.40. The Labute approximate surface area is 164 Å². The number of carbonyl (C=O) groups is 1. The molecule has 0 fully saturated rings. The smallest absolute Gasteiger partial charge is 0.251 e. The quantitative estimate of drug-likeness (QED) is 0.671. The number of fused-ring (bicyclic) bond motifs is 1. The Morgan fingerprint density at radius 2 is 1.96 bits per heavy atom. The van der Waals surface area contributed by atoms with E-state index in [1.807, 2.05) is 31.2 Å². The molecule has 1 N–H and O–H groups in total. The molecule has 3 aromatic rings. The maximum absolute atomic E-state index is 12.6. The Morgan fingerprint density at radius 3 is 2.71 bits per heavy atom. The van der Waals surface area contributed by atoms with Crippen molar-refractivity contribution < 1.29 is 13.9 Å². The third kappa shape index (κ3) is 3.74. The van der Waals surface area contributed by atoms with Crippen molar-refractivity contribution in [3.8, 4) is 5.75 Å². The Balaban J connectivity index is 1.49. The zero-order valence-corrected chi connectivity index (χ0v) is 15.9. The van der Waals surface area contributed by atoms with Crippen LogP contribution in [0.5, 0.6) is 5.75 Å². The highest BCUT2D eigenvalue weighted by Gasteiger charge is 2.29. The van der Waals surface area contributed by atoms with E-state index in [2.05, 4.69) is 34.5 Å². The van der Waals surface area contributed by atoms with E-state index in [4.69, 9.17) is 9.15 Å². The highest BCUT2D eigenvalue weighted by atomic mass is 16.5. The summed E-state index contributed by atoms with van der Waals surface area (Å²) in [5.41, 5.74) is 3.15. The van der Waals surface area contributed by atoms with Crippen molar-refractivity contribution in [1.82, 2.24) is 5.32 Å². The Bertz CT molecular complexity index is 919. The topological polar surface area (TPSA) is 54.7 Å². The number of carbonyl (C=O) groups excluding carboxylic acids is 1.